The summed E-state index contributed by atoms with van der Waals surface area (Å²) in [6.07, 6.45) is 2.56. The Bertz CT molecular complexity index is 23.3. The lowest BCUT2D eigenvalue weighted by molar-refractivity contribution is 0.198. The number of hydrogen-bond donors (Lipinski definition) is 1. The molecule has 0 spiro atoms. The van der Waals surface area contributed by atoms with Gasteiger partial charge in [0.15, 0.2) is 7.98 Å². The third-order valence-corrected chi connectivity index (χ3v) is 0.827. The minimum absolute atomic E-state index is 1.00. The van der Waals surface area contributed by atoms with Crippen molar-refractivity contribution in [3.63, 3.8) is 0 Å². The van der Waals surface area contributed by atoms with E-state index in [1.54, 1.807) is 0 Å². The Hall–Kier alpha value is -0.0151. The molecule has 1 aliphatic rings. The van der Waals surface area contributed by atoms with Crippen LogP contribution < -0.4 is 5.64 Å². The maximum absolute atomic E-state index is 4.94. The lowest BCUT2D eigenvalue weighted by Gasteiger charge is -1.76. The molecule has 2 nitrogen and oxygen atoms in total. The second-order valence-corrected chi connectivity index (χ2v) is 1.32. The lowest BCUT2D eigenvalue weighted by Crippen LogP contribution is -1.75. The molecule has 7 heavy (non-hydrogen) atoms. The second kappa shape index (κ2) is 5.98. The fraction of sp³-hybridized carbons (Fsp3) is 1.00. The SMILES string of the molecule is BN.C1CCOC1. The average molecular weight is 101 g/mol. The molecule has 42 valence electrons. The molecule has 0 bridgehead atoms. The van der Waals surface area contributed by atoms with Crippen molar-refractivity contribution in [2.45, 2.75) is 12.8 Å². The minimum Gasteiger partial charge on any atom is -0.381 e. The van der Waals surface area contributed by atoms with Crippen LogP contribution in [-0.4, -0.2) is 21.2 Å². The molecule has 0 aromatic heterocycles. The summed E-state index contributed by atoms with van der Waals surface area (Å²) in [5.41, 5.74) is 4.50. The normalized spacial score (nSPS) is 17.9. The maximum Gasteiger partial charge on any atom is 0.178 e. The molecule has 1 heterocycles. The molecule has 0 unspecified atom stereocenters. The molecular weight excluding hydrogens is 88.9 g/mol. The van der Waals surface area contributed by atoms with Crippen LogP contribution in [-0.2, 0) is 4.74 Å². The summed E-state index contributed by atoms with van der Waals surface area (Å²) in [7, 11) is 1.50. The van der Waals surface area contributed by atoms with E-state index in [9.17, 15) is 0 Å². The highest BCUT2D eigenvalue weighted by Crippen LogP contribution is 1.98. The molecule has 3 heteroatoms. The number of ether oxygens (including phenoxy) is 1. The van der Waals surface area contributed by atoms with Crippen LogP contribution in [0.3, 0.4) is 0 Å². The van der Waals surface area contributed by atoms with Gasteiger partial charge >= 0.3 is 0 Å². The summed E-state index contributed by atoms with van der Waals surface area (Å²) >= 11 is 0. The van der Waals surface area contributed by atoms with Gasteiger partial charge in [-0.3, -0.25) is 0 Å². The highest BCUT2D eigenvalue weighted by Gasteiger charge is 1.94. The van der Waals surface area contributed by atoms with Gasteiger partial charge in [-0.25, -0.2) is 0 Å². The van der Waals surface area contributed by atoms with Crippen LogP contribution in [0, 0.1) is 0 Å². The van der Waals surface area contributed by atoms with E-state index in [4.69, 9.17) is 4.74 Å². The predicted octanol–water partition coefficient (Wildman–Crippen LogP) is -0.710. The Balaban J connectivity index is 0.000000162. The Morgan fingerprint density at radius 1 is 1.14 bits per heavy atom. The molecule has 1 fully saturated rings. The molecule has 0 radical (unpaired) electrons. The number of rotatable bonds is 0. The van der Waals surface area contributed by atoms with Gasteiger partial charge in [0.25, 0.3) is 0 Å². The first-order chi connectivity index (χ1) is 3.50. The highest BCUT2D eigenvalue weighted by atomic mass is 16.5. The number of nitrogens with two attached hydrogens (primary N) is 1. The van der Waals surface area contributed by atoms with Crippen molar-refractivity contribution in [3.8, 4) is 0 Å². The molecule has 2 N–H and O–H groups in total. The topological polar surface area (TPSA) is 35.2 Å². The smallest absolute Gasteiger partial charge is 0.178 e. The maximum atomic E-state index is 4.94. The van der Waals surface area contributed by atoms with Crippen molar-refractivity contribution in [3.05, 3.63) is 0 Å². The van der Waals surface area contributed by atoms with E-state index in [0.717, 1.165) is 13.2 Å². The predicted molar refractivity (Wildman–Crippen MR) is 32.8 cm³/mol. The highest BCUT2D eigenvalue weighted by molar-refractivity contribution is 6.02. The molecule has 1 rings (SSSR count). The molecule has 0 aliphatic carbocycles. The Kier molecular flexibility index (Phi) is 5.97. The van der Waals surface area contributed by atoms with Gasteiger partial charge in [0.2, 0.25) is 0 Å². The van der Waals surface area contributed by atoms with Crippen molar-refractivity contribution in [2.24, 2.45) is 5.64 Å². The van der Waals surface area contributed by atoms with Crippen LogP contribution in [0.2, 0.25) is 0 Å². The van der Waals surface area contributed by atoms with Crippen molar-refractivity contribution in [1.82, 2.24) is 0 Å². The van der Waals surface area contributed by atoms with Crippen molar-refractivity contribution in [2.75, 3.05) is 13.2 Å². The summed E-state index contributed by atoms with van der Waals surface area (Å²) in [6.45, 7) is 2.00. The van der Waals surface area contributed by atoms with Crippen molar-refractivity contribution >= 4 is 7.98 Å². The molecule has 0 aromatic rings. The summed E-state index contributed by atoms with van der Waals surface area (Å²) in [4.78, 5) is 0. The first kappa shape index (κ1) is 6.98. The summed E-state index contributed by atoms with van der Waals surface area (Å²) in [5.74, 6) is 0. The van der Waals surface area contributed by atoms with Crippen LogP contribution in [0.4, 0.5) is 0 Å². The third-order valence-electron chi connectivity index (χ3n) is 0.827. The van der Waals surface area contributed by atoms with Gasteiger partial charge in [0.05, 0.1) is 0 Å². The molecular formula is C4H12BNO. The van der Waals surface area contributed by atoms with Crippen LogP contribution in [0.15, 0.2) is 0 Å². The van der Waals surface area contributed by atoms with Gasteiger partial charge in [0, 0.05) is 13.2 Å². The minimum atomic E-state index is 1.00. The van der Waals surface area contributed by atoms with E-state index >= 15 is 0 Å². The van der Waals surface area contributed by atoms with Gasteiger partial charge in [-0.1, -0.05) is 0 Å². The zero-order valence-corrected chi connectivity index (χ0v) is 4.81. The summed E-state index contributed by atoms with van der Waals surface area (Å²) < 4.78 is 4.94. The van der Waals surface area contributed by atoms with Crippen LogP contribution in [0.25, 0.3) is 0 Å². The second-order valence-electron chi connectivity index (χ2n) is 1.32. The summed E-state index contributed by atoms with van der Waals surface area (Å²) in [6, 6.07) is 0. The molecule has 0 amide bonds. The molecule has 0 atom stereocenters. The molecule has 1 aliphatic heterocycles. The van der Waals surface area contributed by atoms with E-state index in [-0.39, 0.29) is 0 Å². The largest absolute Gasteiger partial charge is 0.381 e. The van der Waals surface area contributed by atoms with Crippen molar-refractivity contribution < 1.29 is 4.74 Å². The molecule has 0 aromatic carbocycles. The van der Waals surface area contributed by atoms with Crippen molar-refractivity contribution in [1.29, 1.82) is 0 Å². The van der Waals surface area contributed by atoms with E-state index in [1.165, 1.54) is 20.8 Å². The molecule has 1 saturated heterocycles. The van der Waals surface area contributed by atoms with Gasteiger partial charge in [0.1, 0.15) is 0 Å². The first-order valence-electron chi connectivity index (χ1n) is 2.65. The standard InChI is InChI=1S/C4H8O.BH4N/c1-2-4-5-3-1;1-2/h1-4H2;1-2H2. The van der Waals surface area contributed by atoms with E-state index in [1.807, 2.05) is 0 Å². The zero-order valence-electron chi connectivity index (χ0n) is 4.81. The van der Waals surface area contributed by atoms with Crippen LogP contribution in [0.1, 0.15) is 12.8 Å². The summed E-state index contributed by atoms with van der Waals surface area (Å²) in [5, 5.41) is 0. The zero-order chi connectivity index (χ0) is 5.54. The van der Waals surface area contributed by atoms with E-state index in [0.29, 0.717) is 0 Å². The average Bonchev–Trinajstić information content (AvgIpc) is 2.23. The fourth-order valence-corrected chi connectivity index (χ4v) is 0.510. The fourth-order valence-electron chi connectivity index (χ4n) is 0.510. The quantitative estimate of drug-likeness (QED) is 0.409. The van der Waals surface area contributed by atoms with Crippen LogP contribution >= 0.6 is 0 Å². The van der Waals surface area contributed by atoms with Gasteiger partial charge in [-0.15, -0.1) is 0 Å². The Morgan fingerprint density at radius 3 is 1.71 bits per heavy atom. The van der Waals surface area contributed by atoms with Gasteiger partial charge < -0.3 is 10.4 Å². The monoisotopic (exact) mass is 101 g/mol. The first-order valence-corrected chi connectivity index (χ1v) is 2.65. The van der Waals surface area contributed by atoms with E-state index in [2.05, 4.69) is 5.64 Å². The third kappa shape index (κ3) is 3.82. The molecule has 0 saturated carbocycles. The Morgan fingerprint density at radius 2 is 1.57 bits per heavy atom. The van der Waals surface area contributed by atoms with Gasteiger partial charge in [-0.05, 0) is 12.8 Å². The van der Waals surface area contributed by atoms with E-state index < -0.39 is 0 Å². The number of hydrogen-bond acceptors (Lipinski definition) is 2. The van der Waals surface area contributed by atoms with Gasteiger partial charge in [-0.2, -0.15) is 0 Å². The Labute approximate surface area is 45.5 Å². The lowest BCUT2D eigenvalue weighted by atomic mass is 10.4. The van der Waals surface area contributed by atoms with Crippen LogP contribution in [0.5, 0.6) is 0 Å².